The van der Waals surface area contributed by atoms with Gasteiger partial charge in [-0.2, -0.15) is 0 Å². The third-order valence-electron chi connectivity index (χ3n) is 4.29. The molecule has 1 saturated heterocycles. The first kappa shape index (κ1) is 15.5. The Labute approximate surface area is 124 Å². The molecule has 2 nitrogen and oxygen atoms in total. The van der Waals surface area contributed by atoms with Crippen molar-refractivity contribution in [3.63, 3.8) is 0 Å². The molecule has 20 heavy (non-hydrogen) atoms. The normalized spacial score (nSPS) is 20.8. The van der Waals surface area contributed by atoms with E-state index in [1.165, 1.54) is 56.4 Å². The number of hydrogen-bond acceptors (Lipinski definition) is 2. The van der Waals surface area contributed by atoms with E-state index in [1.807, 2.05) is 0 Å². The van der Waals surface area contributed by atoms with E-state index in [-0.39, 0.29) is 0 Å². The highest BCUT2D eigenvalue weighted by Gasteiger charge is 2.15. The molecule has 2 heteroatoms. The monoisotopic (exact) mass is 274 g/mol. The van der Waals surface area contributed by atoms with Gasteiger partial charge in [0.05, 0.1) is 0 Å². The van der Waals surface area contributed by atoms with E-state index in [2.05, 4.69) is 48.3 Å². The third-order valence-corrected chi connectivity index (χ3v) is 4.29. The zero-order valence-electron chi connectivity index (χ0n) is 13.2. The quantitative estimate of drug-likeness (QED) is 0.855. The molecule has 1 aliphatic heterocycles. The van der Waals surface area contributed by atoms with Crippen molar-refractivity contribution in [1.82, 2.24) is 10.2 Å². The summed E-state index contributed by atoms with van der Waals surface area (Å²) < 4.78 is 0. The van der Waals surface area contributed by atoms with Gasteiger partial charge in [0.2, 0.25) is 0 Å². The molecule has 112 valence electrons. The van der Waals surface area contributed by atoms with E-state index < -0.39 is 0 Å². The number of hydrogen-bond donors (Lipinski definition) is 1. The highest BCUT2D eigenvalue weighted by atomic mass is 15.1. The molecule has 1 aliphatic rings. The molecule has 0 bridgehead atoms. The van der Waals surface area contributed by atoms with Gasteiger partial charge in [0.15, 0.2) is 0 Å². The molecule has 0 radical (unpaired) electrons. The Balaban J connectivity index is 1.69. The van der Waals surface area contributed by atoms with Crippen LogP contribution in [-0.2, 0) is 6.42 Å². The van der Waals surface area contributed by atoms with E-state index in [0.717, 1.165) is 19.0 Å². The summed E-state index contributed by atoms with van der Waals surface area (Å²) in [5, 5.41) is 3.77. The van der Waals surface area contributed by atoms with Gasteiger partial charge in [0.25, 0.3) is 0 Å². The molecule has 2 rings (SSSR count). The summed E-state index contributed by atoms with van der Waals surface area (Å²) in [6, 6.07) is 9.60. The maximum absolute atomic E-state index is 3.77. The fourth-order valence-electron chi connectivity index (χ4n) is 3.19. The fraction of sp³-hybridized carbons (Fsp3) is 0.667. The van der Waals surface area contributed by atoms with Gasteiger partial charge in [-0.05, 0) is 70.8 Å². The van der Waals surface area contributed by atoms with Crippen molar-refractivity contribution in [3.05, 3.63) is 35.4 Å². The summed E-state index contributed by atoms with van der Waals surface area (Å²) in [5.41, 5.74) is 2.82. The van der Waals surface area contributed by atoms with Crippen molar-refractivity contribution in [2.24, 2.45) is 0 Å². The second-order valence-corrected chi connectivity index (χ2v) is 6.16. The van der Waals surface area contributed by atoms with Crippen LogP contribution in [0, 0.1) is 6.92 Å². The molecular formula is C18H30N2. The minimum atomic E-state index is 0.724. The van der Waals surface area contributed by atoms with Gasteiger partial charge < -0.3 is 10.2 Å². The van der Waals surface area contributed by atoms with Gasteiger partial charge in [0, 0.05) is 6.04 Å². The molecule has 1 unspecified atom stereocenters. The predicted molar refractivity (Wildman–Crippen MR) is 87.3 cm³/mol. The highest BCUT2D eigenvalue weighted by molar-refractivity contribution is 5.22. The van der Waals surface area contributed by atoms with Gasteiger partial charge in [-0.1, -0.05) is 36.8 Å². The van der Waals surface area contributed by atoms with Crippen LogP contribution in [0.15, 0.2) is 24.3 Å². The van der Waals surface area contributed by atoms with Crippen molar-refractivity contribution >= 4 is 0 Å². The molecule has 1 atom stereocenters. The molecule has 0 spiro atoms. The van der Waals surface area contributed by atoms with Gasteiger partial charge in [0.1, 0.15) is 0 Å². The zero-order chi connectivity index (χ0) is 14.2. The van der Waals surface area contributed by atoms with E-state index in [4.69, 9.17) is 0 Å². The van der Waals surface area contributed by atoms with E-state index in [1.54, 1.807) is 0 Å². The number of nitrogens with one attached hydrogen (secondary N) is 1. The van der Waals surface area contributed by atoms with E-state index >= 15 is 0 Å². The maximum Gasteiger partial charge on any atom is 0.00798 e. The van der Waals surface area contributed by atoms with Crippen molar-refractivity contribution in [1.29, 1.82) is 0 Å². The number of rotatable bonds is 6. The molecular weight excluding hydrogens is 244 g/mol. The Kier molecular flexibility index (Phi) is 6.55. The highest BCUT2D eigenvalue weighted by Crippen LogP contribution is 2.11. The van der Waals surface area contributed by atoms with Crippen LogP contribution in [0.25, 0.3) is 0 Å². The van der Waals surface area contributed by atoms with Crippen molar-refractivity contribution in [3.8, 4) is 0 Å². The lowest BCUT2D eigenvalue weighted by Gasteiger charge is -2.19. The number of nitrogens with zero attached hydrogens (tertiary/aromatic N) is 1. The van der Waals surface area contributed by atoms with Crippen LogP contribution < -0.4 is 5.32 Å². The Bertz CT molecular complexity index is 389. The largest absolute Gasteiger partial charge is 0.314 e. The second-order valence-electron chi connectivity index (χ2n) is 6.16. The minimum absolute atomic E-state index is 0.724. The average molecular weight is 274 g/mol. The number of benzene rings is 1. The molecule has 0 amide bonds. The van der Waals surface area contributed by atoms with Crippen LogP contribution in [0.1, 0.15) is 43.7 Å². The lowest BCUT2D eigenvalue weighted by atomic mass is 10.1. The second kappa shape index (κ2) is 8.43. The SMILES string of the molecule is CCCN1CCCC(NCCc2cccc(C)c2)CC1. The van der Waals surface area contributed by atoms with Crippen LogP contribution in [0.3, 0.4) is 0 Å². The van der Waals surface area contributed by atoms with E-state index in [0.29, 0.717) is 0 Å². The summed E-state index contributed by atoms with van der Waals surface area (Å²) in [6.45, 7) is 9.41. The smallest absolute Gasteiger partial charge is 0.00798 e. The summed E-state index contributed by atoms with van der Waals surface area (Å²) in [6.07, 6.45) is 6.44. The molecule has 1 aromatic rings. The fourth-order valence-corrected chi connectivity index (χ4v) is 3.19. The molecule has 0 aliphatic carbocycles. The van der Waals surface area contributed by atoms with E-state index in [9.17, 15) is 0 Å². The summed E-state index contributed by atoms with van der Waals surface area (Å²) in [4.78, 5) is 2.63. The average Bonchev–Trinajstić information content (AvgIpc) is 2.65. The first-order valence-electron chi connectivity index (χ1n) is 8.29. The van der Waals surface area contributed by atoms with Crippen molar-refractivity contribution in [2.75, 3.05) is 26.2 Å². The molecule has 1 heterocycles. The lowest BCUT2D eigenvalue weighted by molar-refractivity contribution is 0.283. The van der Waals surface area contributed by atoms with Crippen LogP contribution in [0.5, 0.6) is 0 Å². The van der Waals surface area contributed by atoms with Gasteiger partial charge >= 0.3 is 0 Å². The van der Waals surface area contributed by atoms with Gasteiger partial charge in [-0.15, -0.1) is 0 Å². The predicted octanol–water partition coefficient (Wildman–Crippen LogP) is 3.39. The Hall–Kier alpha value is -0.860. The van der Waals surface area contributed by atoms with Crippen molar-refractivity contribution < 1.29 is 0 Å². The Morgan fingerprint density at radius 2 is 2.15 bits per heavy atom. The first-order valence-corrected chi connectivity index (χ1v) is 8.29. The summed E-state index contributed by atoms with van der Waals surface area (Å²) in [5.74, 6) is 0. The molecule has 1 aromatic carbocycles. The summed E-state index contributed by atoms with van der Waals surface area (Å²) in [7, 11) is 0. The topological polar surface area (TPSA) is 15.3 Å². The van der Waals surface area contributed by atoms with Crippen LogP contribution in [0.2, 0.25) is 0 Å². The lowest BCUT2D eigenvalue weighted by Crippen LogP contribution is -2.32. The van der Waals surface area contributed by atoms with Crippen LogP contribution >= 0.6 is 0 Å². The first-order chi connectivity index (χ1) is 9.78. The standard InChI is InChI=1S/C18H30N2/c1-3-12-20-13-5-8-18(10-14-20)19-11-9-17-7-4-6-16(2)15-17/h4,6-7,15,18-19H,3,5,8-14H2,1-2H3. The van der Waals surface area contributed by atoms with Crippen LogP contribution in [0.4, 0.5) is 0 Å². The number of likely N-dealkylation sites (tertiary alicyclic amines) is 1. The molecule has 1 fully saturated rings. The molecule has 1 N–H and O–H groups in total. The molecule has 0 aromatic heterocycles. The summed E-state index contributed by atoms with van der Waals surface area (Å²) >= 11 is 0. The Morgan fingerprint density at radius 3 is 2.95 bits per heavy atom. The van der Waals surface area contributed by atoms with Gasteiger partial charge in [-0.3, -0.25) is 0 Å². The van der Waals surface area contributed by atoms with Crippen molar-refractivity contribution in [2.45, 2.75) is 52.0 Å². The zero-order valence-corrected chi connectivity index (χ0v) is 13.2. The third kappa shape index (κ3) is 5.26. The minimum Gasteiger partial charge on any atom is -0.314 e. The maximum atomic E-state index is 3.77. The Morgan fingerprint density at radius 1 is 1.25 bits per heavy atom. The number of aryl methyl sites for hydroxylation is 1. The van der Waals surface area contributed by atoms with Gasteiger partial charge in [-0.25, -0.2) is 0 Å². The van der Waals surface area contributed by atoms with Crippen LogP contribution in [-0.4, -0.2) is 37.1 Å². The molecule has 0 saturated carbocycles.